The molecule has 4 aromatic heterocycles. The summed E-state index contributed by atoms with van der Waals surface area (Å²) in [6.07, 6.45) is 7.02. The van der Waals surface area contributed by atoms with Crippen LogP contribution in [0.1, 0.15) is 36.9 Å². The highest BCUT2D eigenvalue weighted by molar-refractivity contribution is 7.11. The molecule has 0 bridgehead atoms. The number of allylic oxidation sites excluding steroid dienone is 2. The van der Waals surface area contributed by atoms with Crippen molar-refractivity contribution in [2.45, 2.75) is 27.7 Å². The average molecular weight is 526 g/mol. The third-order valence-corrected chi connectivity index (χ3v) is 7.16. The van der Waals surface area contributed by atoms with Gasteiger partial charge in [0.25, 0.3) is 0 Å². The number of thiophene rings is 1. The van der Waals surface area contributed by atoms with E-state index >= 15 is 0 Å². The lowest BCUT2D eigenvalue weighted by Gasteiger charge is -2.17. The Labute approximate surface area is 224 Å². The summed E-state index contributed by atoms with van der Waals surface area (Å²) in [6.45, 7) is 11.4. The molecular formula is C30H28FN5OS. The van der Waals surface area contributed by atoms with E-state index in [1.807, 2.05) is 58.0 Å². The van der Waals surface area contributed by atoms with Crippen LogP contribution in [-0.4, -0.2) is 26.1 Å². The monoisotopic (exact) mass is 525 g/mol. The quantitative estimate of drug-likeness (QED) is 0.198. The fourth-order valence-corrected chi connectivity index (χ4v) is 5.00. The minimum atomic E-state index is -0.508. The molecular weight excluding hydrogens is 497 g/mol. The normalized spacial score (nSPS) is 12.2. The second-order valence-electron chi connectivity index (χ2n) is 10.1. The number of halogens is 1. The molecule has 0 aliphatic heterocycles. The van der Waals surface area contributed by atoms with Gasteiger partial charge in [-0.3, -0.25) is 14.9 Å². The van der Waals surface area contributed by atoms with Gasteiger partial charge in [0.15, 0.2) is 5.13 Å². The molecule has 4 heterocycles. The van der Waals surface area contributed by atoms with Crippen molar-refractivity contribution in [1.82, 2.24) is 20.2 Å². The highest BCUT2D eigenvalue weighted by Gasteiger charge is 2.21. The van der Waals surface area contributed by atoms with Gasteiger partial charge in [-0.05, 0) is 48.9 Å². The van der Waals surface area contributed by atoms with Crippen LogP contribution in [-0.2, 0) is 4.79 Å². The van der Waals surface area contributed by atoms with Crippen LogP contribution in [0.25, 0.3) is 39.0 Å². The van der Waals surface area contributed by atoms with Crippen LogP contribution in [0.2, 0.25) is 0 Å². The van der Waals surface area contributed by atoms with E-state index in [-0.39, 0.29) is 11.0 Å². The minimum Gasteiger partial charge on any atom is -0.357 e. The van der Waals surface area contributed by atoms with E-state index < -0.39 is 5.41 Å². The van der Waals surface area contributed by atoms with Gasteiger partial charge in [0.1, 0.15) is 5.69 Å². The number of pyridine rings is 1. The molecule has 0 aliphatic rings. The number of aromatic amines is 2. The Kier molecular flexibility index (Phi) is 6.59. The van der Waals surface area contributed by atoms with Crippen molar-refractivity contribution in [2.24, 2.45) is 5.41 Å². The van der Waals surface area contributed by atoms with Gasteiger partial charge in [0.05, 0.1) is 23.1 Å². The molecule has 5 aromatic rings. The van der Waals surface area contributed by atoms with Crippen molar-refractivity contribution in [2.75, 3.05) is 5.32 Å². The summed E-state index contributed by atoms with van der Waals surface area (Å²) in [5.74, 6) is -0.0721. The lowest BCUT2D eigenvalue weighted by Crippen LogP contribution is -2.27. The fraction of sp³-hybridized carbons (Fsp3) is 0.167. The number of hydrogen-bond acceptors (Lipinski definition) is 4. The van der Waals surface area contributed by atoms with E-state index in [9.17, 15) is 9.18 Å². The number of nitrogens with zero attached hydrogens (tertiary/aromatic N) is 2. The maximum absolute atomic E-state index is 13.8. The number of aryl methyl sites for hydroxylation is 1. The van der Waals surface area contributed by atoms with Crippen molar-refractivity contribution < 1.29 is 9.18 Å². The number of H-pyrrole nitrogens is 2. The zero-order valence-electron chi connectivity index (χ0n) is 21.6. The molecule has 0 radical (unpaired) electrons. The number of hydrogen-bond donors (Lipinski definition) is 3. The van der Waals surface area contributed by atoms with Crippen LogP contribution in [0.15, 0.2) is 73.6 Å². The van der Waals surface area contributed by atoms with Gasteiger partial charge < -0.3 is 10.3 Å². The van der Waals surface area contributed by atoms with E-state index in [2.05, 4.69) is 38.1 Å². The van der Waals surface area contributed by atoms with E-state index in [1.54, 1.807) is 24.5 Å². The SMILES string of the molecule is C=C/C=C(/c1ccc(F)s1)c1cc(-c2n[nH]c3ccc(-c4cncc(NC(=O)C(C)(C)C)c4)cc23)[nH]c1C. The summed E-state index contributed by atoms with van der Waals surface area (Å²) < 4.78 is 13.8. The molecule has 38 heavy (non-hydrogen) atoms. The first-order chi connectivity index (χ1) is 18.1. The molecule has 6 nitrogen and oxygen atoms in total. The second kappa shape index (κ2) is 9.87. The molecule has 0 unspecified atom stereocenters. The lowest BCUT2D eigenvalue weighted by molar-refractivity contribution is -0.123. The predicted octanol–water partition coefficient (Wildman–Crippen LogP) is 7.73. The summed E-state index contributed by atoms with van der Waals surface area (Å²) in [7, 11) is 0. The Balaban J connectivity index is 1.52. The minimum absolute atomic E-state index is 0.0721. The Morgan fingerprint density at radius 2 is 1.92 bits per heavy atom. The van der Waals surface area contributed by atoms with E-state index in [1.165, 1.54) is 6.07 Å². The van der Waals surface area contributed by atoms with E-state index in [4.69, 9.17) is 0 Å². The number of carbonyl (C=O) groups excluding carboxylic acids is 1. The molecule has 1 amide bonds. The average Bonchev–Trinajstić information content (AvgIpc) is 3.60. The number of fused-ring (bicyclic) bond motifs is 1. The highest BCUT2D eigenvalue weighted by Crippen LogP contribution is 2.36. The fourth-order valence-electron chi connectivity index (χ4n) is 4.23. The number of benzene rings is 1. The Morgan fingerprint density at radius 1 is 1.11 bits per heavy atom. The van der Waals surface area contributed by atoms with Crippen LogP contribution in [0, 0.1) is 17.5 Å². The van der Waals surface area contributed by atoms with Crippen LogP contribution < -0.4 is 5.32 Å². The molecule has 0 aliphatic carbocycles. The van der Waals surface area contributed by atoms with Gasteiger partial charge in [-0.2, -0.15) is 9.49 Å². The standard InChI is InChI=1S/C30H28FN5OS/c1-6-7-21(26-10-11-27(31)38-26)22-14-25(33-17(22)2)28-23-13-18(8-9-24(23)35-36-28)19-12-20(16-32-15-19)34-29(37)30(3,4)5/h6-16,33H,1H2,2-5H3,(H,34,37)(H,35,36)/b21-7+. The molecule has 192 valence electrons. The Bertz CT molecular complexity index is 1700. The predicted molar refractivity (Wildman–Crippen MR) is 153 cm³/mol. The van der Waals surface area contributed by atoms with Crippen LogP contribution >= 0.6 is 11.3 Å². The molecule has 5 rings (SSSR count). The molecule has 0 fully saturated rings. The van der Waals surface area contributed by atoms with Crippen LogP contribution in [0.5, 0.6) is 0 Å². The van der Waals surface area contributed by atoms with Crippen LogP contribution in [0.4, 0.5) is 10.1 Å². The summed E-state index contributed by atoms with van der Waals surface area (Å²) in [5.41, 5.74) is 7.28. The first-order valence-corrected chi connectivity index (χ1v) is 13.0. The summed E-state index contributed by atoms with van der Waals surface area (Å²) in [4.78, 5) is 21.1. The maximum atomic E-state index is 13.8. The maximum Gasteiger partial charge on any atom is 0.229 e. The topological polar surface area (TPSA) is 86.5 Å². The molecule has 0 saturated carbocycles. The number of carbonyl (C=O) groups is 1. The van der Waals surface area contributed by atoms with Crippen molar-refractivity contribution >= 4 is 39.4 Å². The Morgan fingerprint density at radius 3 is 2.63 bits per heavy atom. The highest BCUT2D eigenvalue weighted by atomic mass is 32.1. The molecule has 1 aromatic carbocycles. The first kappa shape index (κ1) is 25.4. The molecule has 8 heteroatoms. The summed E-state index contributed by atoms with van der Waals surface area (Å²) >= 11 is 1.10. The summed E-state index contributed by atoms with van der Waals surface area (Å²) in [6, 6.07) is 13.3. The number of amides is 1. The molecule has 3 N–H and O–H groups in total. The molecule has 0 saturated heterocycles. The van der Waals surface area contributed by atoms with Crippen molar-refractivity contribution in [3.63, 3.8) is 0 Å². The van der Waals surface area contributed by atoms with Crippen LogP contribution in [0.3, 0.4) is 0 Å². The van der Waals surface area contributed by atoms with Gasteiger partial charge in [-0.25, -0.2) is 0 Å². The van der Waals surface area contributed by atoms with E-state index in [0.29, 0.717) is 5.69 Å². The molecule has 0 atom stereocenters. The van der Waals surface area contributed by atoms with Gasteiger partial charge in [0.2, 0.25) is 5.91 Å². The lowest BCUT2D eigenvalue weighted by atomic mass is 9.95. The smallest absolute Gasteiger partial charge is 0.229 e. The van der Waals surface area contributed by atoms with Gasteiger partial charge in [-0.1, -0.05) is 45.6 Å². The van der Waals surface area contributed by atoms with Gasteiger partial charge in [-0.15, -0.1) is 11.3 Å². The number of nitrogens with one attached hydrogen (secondary N) is 3. The third kappa shape index (κ3) is 4.95. The first-order valence-electron chi connectivity index (χ1n) is 12.2. The van der Waals surface area contributed by atoms with Crippen molar-refractivity contribution in [3.05, 3.63) is 94.9 Å². The van der Waals surface area contributed by atoms with Gasteiger partial charge in [0, 0.05) is 44.3 Å². The van der Waals surface area contributed by atoms with Gasteiger partial charge >= 0.3 is 0 Å². The number of rotatable bonds is 6. The zero-order valence-corrected chi connectivity index (χ0v) is 22.5. The zero-order chi connectivity index (χ0) is 27.0. The molecule has 0 spiro atoms. The largest absolute Gasteiger partial charge is 0.357 e. The van der Waals surface area contributed by atoms with E-state index in [0.717, 1.165) is 66.5 Å². The Hall–Kier alpha value is -4.30. The summed E-state index contributed by atoms with van der Waals surface area (Å²) in [5, 5.41) is 11.4. The number of aromatic nitrogens is 4. The van der Waals surface area contributed by atoms with Crippen molar-refractivity contribution in [3.8, 4) is 22.5 Å². The second-order valence-corrected chi connectivity index (χ2v) is 11.2. The number of anilines is 1. The van der Waals surface area contributed by atoms with Crippen molar-refractivity contribution in [1.29, 1.82) is 0 Å². The third-order valence-electron chi connectivity index (χ3n) is 6.26.